The average Bonchev–Trinajstić information content (AvgIpc) is 3.10. The Morgan fingerprint density at radius 1 is 1.30 bits per heavy atom. The van der Waals surface area contributed by atoms with Crippen molar-refractivity contribution >= 4 is 21.4 Å². The molecule has 0 aromatic carbocycles. The van der Waals surface area contributed by atoms with Crippen LogP contribution < -0.4 is 5.32 Å². The molecule has 1 saturated heterocycles. The number of nitrogens with zero attached hydrogens (tertiary/aromatic N) is 1. The number of rotatable bonds is 5. The summed E-state index contributed by atoms with van der Waals surface area (Å²) in [4.78, 5) is 1.43. The number of piperidine rings is 1. The Balaban J connectivity index is 1.58. The Kier molecular flexibility index (Phi) is 4.17. The third kappa shape index (κ3) is 3.42. The van der Waals surface area contributed by atoms with Crippen molar-refractivity contribution < 1.29 is 8.42 Å². The highest BCUT2D eigenvalue weighted by Crippen LogP contribution is 2.42. The number of hydrogen-bond acceptors (Lipinski definition) is 4. The highest BCUT2D eigenvalue weighted by atomic mass is 32.2. The van der Waals surface area contributed by atoms with Gasteiger partial charge in [-0.15, -0.1) is 11.3 Å². The van der Waals surface area contributed by atoms with Crippen LogP contribution in [0.25, 0.3) is 0 Å². The first kappa shape index (κ1) is 14.5. The summed E-state index contributed by atoms with van der Waals surface area (Å²) in [6.45, 7) is 1.30. The summed E-state index contributed by atoms with van der Waals surface area (Å²) in [5.41, 5.74) is 0. The van der Waals surface area contributed by atoms with E-state index in [-0.39, 0.29) is 0 Å². The number of hydrogen-bond donors (Lipinski definition) is 1. The van der Waals surface area contributed by atoms with Gasteiger partial charge >= 0.3 is 0 Å². The summed E-state index contributed by atoms with van der Waals surface area (Å²) in [6, 6.07) is 5.25. The molecule has 1 unspecified atom stereocenters. The first-order valence-electron chi connectivity index (χ1n) is 7.28. The molecule has 2 fully saturated rings. The van der Waals surface area contributed by atoms with Crippen LogP contribution in [0, 0.1) is 5.92 Å². The van der Waals surface area contributed by atoms with Crippen LogP contribution >= 0.6 is 11.3 Å². The molecule has 112 valence electrons. The molecule has 1 aromatic rings. The van der Waals surface area contributed by atoms with E-state index in [1.165, 1.54) is 24.0 Å². The van der Waals surface area contributed by atoms with Gasteiger partial charge in [-0.3, -0.25) is 0 Å². The lowest BCUT2D eigenvalue weighted by atomic mass is 10.0. The largest absolute Gasteiger partial charge is 0.306 e. The van der Waals surface area contributed by atoms with Crippen molar-refractivity contribution in [3.63, 3.8) is 0 Å². The van der Waals surface area contributed by atoms with E-state index in [1.807, 2.05) is 11.3 Å². The number of sulfonamides is 1. The van der Waals surface area contributed by atoms with Crippen molar-refractivity contribution in [2.24, 2.45) is 5.92 Å². The number of thiophene rings is 1. The van der Waals surface area contributed by atoms with Gasteiger partial charge in [-0.2, -0.15) is 0 Å². The van der Waals surface area contributed by atoms with Gasteiger partial charge in [-0.05, 0) is 43.0 Å². The van der Waals surface area contributed by atoms with Gasteiger partial charge in [-0.25, -0.2) is 12.7 Å². The maximum atomic E-state index is 11.5. The van der Waals surface area contributed by atoms with Gasteiger partial charge in [0, 0.05) is 30.1 Å². The Hall–Kier alpha value is -0.430. The first-order chi connectivity index (χ1) is 9.54. The SMILES string of the molecule is CS(=O)(=O)N1CCC(NC(c2cccs2)C2CC2)CC1. The monoisotopic (exact) mass is 314 g/mol. The summed E-state index contributed by atoms with van der Waals surface area (Å²) in [6.07, 6.45) is 5.78. The molecular weight excluding hydrogens is 292 g/mol. The van der Waals surface area contributed by atoms with Gasteiger partial charge < -0.3 is 5.32 Å². The zero-order chi connectivity index (χ0) is 14.2. The van der Waals surface area contributed by atoms with Gasteiger partial charge in [0.2, 0.25) is 10.0 Å². The summed E-state index contributed by atoms with van der Waals surface area (Å²) in [5, 5.41) is 5.92. The number of nitrogens with one attached hydrogen (secondary N) is 1. The Morgan fingerprint density at radius 3 is 2.50 bits per heavy atom. The van der Waals surface area contributed by atoms with Gasteiger partial charge in [-0.1, -0.05) is 6.07 Å². The minimum Gasteiger partial charge on any atom is -0.306 e. The molecule has 0 bridgehead atoms. The van der Waals surface area contributed by atoms with Crippen LogP contribution in [0.1, 0.15) is 36.6 Å². The van der Waals surface area contributed by atoms with Crippen LogP contribution in [0.3, 0.4) is 0 Å². The van der Waals surface area contributed by atoms with Gasteiger partial charge in [0.25, 0.3) is 0 Å². The Labute approximate surface area is 125 Å². The van der Waals surface area contributed by atoms with Crippen molar-refractivity contribution in [1.29, 1.82) is 0 Å². The van der Waals surface area contributed by atoms with E-state index in [2.05, 4.69) is 22.8 Å². The van der Waals surface area contributed by atoms with E-state index >= 15 is 0 Å². The van der Waals surface area contributed by atoms with Crippen LogP contribution in [0.5, 0.6) is 0 Å². The highest BCUT2D eigenvalue weighted by molar-refractivity contribution is 7.88. The summed E-state index contributed by atoms with van der Waals surface area (Å²) >= 11 is 1.82. The zero-order valence-electron chi connectivity index (χ0n) is 11.8. The Bertz CT molecular complexity index is 530. The van der Waals surface area contributed by atoms with Gasteiger partial charge in [0.05, 0.1) is 6.26 Å². The second-order valence-electron chi connectivity index (χ2n) is 5.93. The molecule has 3 rings (SSSR count). The fourth-order valence-corrected chi connectivity index (χ4v) is 4.71. The van der Waals surface area contributed by atoms with Gasteiger partial charge in [0.1, 0.15) is 0 Å². The Morgan fingerprint density at radius 2 is 2.00 bits per heavy atom. The predicted molar refractivity (Wildman–Crippen MR) is 82.4 cm³/mol. The lowest BCUT2D eigenvalue weighted by molar-refractivity contribution is 0.268. The van der Waals surface area contributed by atoms with E-state index in [0.717, 1.165) is 18.8 Å². The quantitative estimate of drug-likeness (QED) is 0.906. The van der Waals surface area contributed by atoms with Gasteiger partial charge in [0.15, 0.2) is 0 Å². The standard InChI is InChI=1S/C14H22N2O2S2/c1-20(17,18)16-8-6-12(7-9-16)15-14(11-4-5-11)13-3-2-10-19-13/h2-3,10-12,14-15H,4-9H2,1H3. The van der Waals surface area contributed by atoms with Crippen LogP contribution in [-0.4, -0.2) is 38.1 Å². The smallest absolute Gasteiger partial charge is 0.211 e. The fourth-order valence-electron chi connectivity index (χ4n) is 2.96. The predicted octanol–water partition coefficient (Wildman–Crippen LogP) is 2.21. The molecule has 0 radical (unpaired) electrons. The second kappa shape index (κ2) is 5.75. The van der Waals surface area contributed by atoms with Crippen molar-refractivity contribution in [1.82, 2.24) is 9.62 Å². The molecule has 0 amide bonds. The van der Waals surface area contributed by atoms with E-state index in [0.29, 0.717) is 25.2 Å². The molecule has 1 atom stereocenters. The third-order valence-electron chi connectivity index (χ3n) is 4.28. The summed E-state index contributed by atoms with van der Waals surface area (Å²) in [5.74, 6) is 0.779. The third-order valence-corrected chi connectivity index (χ3v) is 6.54. The topological polar surface area (TPSA) is 49.4 Å². The first-order valence-corrected chi connectivity index (χ1v) is 10.0. The van der Waals surface area contributed by atoms with Crippen molar-refractivity contribution in [3.8, 4) is 0 Å². The molecule has 2 heterocycles. The van der Waals surface area contributed by atoms with Crippen LogP contribution in [0.15, 0.2) is 17.5 Å². The molecule has 6 heteroatoms. The lowest BCUT2D eigenvalue weighted by Crippen LogP contribution is -2.45. The normalized spacial score (nSPS) is 23.9. The molecule has 1 aliphatic carbocycles. The molecule has 2 aliphatic rings. The molecule has 1 N–H and O–H groups in total. The maximum absolute atomic E-state index is 11.5. The minimum atomic E-state index is -3.02. The molecule has 1 aliphatic heterocycles. The van der Waals surface area contributed by atoms with Crippen molar-refractivity contribution in [2.75, 3.05) is 19.3 Å². The summed E-state index contributed by atoms with van der Waals surface area (Å²) < 4.78 is 24.7. The van der Waals surface area contributed by atoms with Crippen molar-refractivity contribution in [3.05, 3.63) is 22.4 Å². The second-order valence-corrected chi connectivity index (χ2v) is 8.90. The van der Waals surface area contributed by atoms with E-state index < -0.39 is 10.0 Å². The molecular formula is C14H22N2O2S2. The van der Waals surface area contributed by atoms with Crippen LogP contribution in [0.4, 0.5) is 0 Å². The fraction of sp³-hybridized carbons (Fsp3) is 0.714. The van der Waals surface area contributed by atoms with E-state index in [9.17, 15) is 8.42 Å². The maximum Gasteiger partial charge on any atom is 0.211 e. The molecule has 0 spiro atoms. The van der Waals surface area contributed by atoms with Crippen molar-refractivity contribution in [2.45, 2.75) is 37.8 Å². The van der Waals surface area contributed by atoms with Crippen LogP contribution in [0.2, 0.25) is 0 Å². The molecule has 20 heavy (non-hydrogen) atoms. The molecule has 4 nitrogen and oxygen atoms in total. The molecule has 1 aromatic heterocycles. The van der Waals surface area contributed by atoms with Crippen LogP contribution in [-0.2, 0) is 10.0 Å². The minimum absolute atomic E-state index is 0.445. The summed E-state index contributed by atoms with van der Waals surface area (Å²) in [7, 11) is -3.02. The zero-order valence-corrected chi connectivity index (χ0v) is 13.4. The highest BCUT2D eigenvalue weighted by Gasteiger charge is 2.35. The van der Waals surface area contributed by atoms with E-state index in [4.69, 9.17) is 0 Å². The molecule has 1 saturated carbocycles. The lowest BCUT2D eigenvalue weighted by Gasteiger charge is -2.33. The van der Waals surface area contributed by atoms with E-state index in [1.54, 1.807) is 4.31 Å². The average molecular weight is 314 g/mol.